The predicted molar refractivity (Wildman–Crippen MR) is 78.0 cm³/mol. The summed E-state index contributed by atoms with van der Waals surface area (Å²) >= 11 is 0. The van der Waals surface area contributed by atoms with Crippen molar-refractivity contribution < 1.29 is 4.79 Å². The average molecular weight is 278 g/mol. The number of nitrogens with zero attached hydrogens (tertiary/aromatic N) is 2. The third-order valence-electron chi connectivity index (χ3n) is 3.61. The van der Waals surface area contributed by atoms with Crippen LogP contribution in [0.15, 0.2) is 0 Å². The Bertz CT molecular complexity index is 242. The van der Waals surface area contributed by atoms with Gasteiger partial charge in [0.05, 0.1) is 0 Å². The van der Waals surface area contributed by atoms with E-state index in [0.717, 1.165) is 25.9 Å². The van der Waals surface area contributed by atoms with E-state index in [2.05, 4.69) is 9.80 Å². The first-order valence-electron chi connectivity index (χ1n) is 6.71. The Labute approximate surface area is 117 Å². The summed E-state index contributed by atoms with van der Waals surface area (Å²) in [5.74, 6) is 0.194. The molecule has 1 aliphatic rings. The molecule has 0 aromatic rings. The highest BCUT2D eigenvalue weighted by Crippen LogP contribution is 2.24. The molecule has 1 aliphatic carbocycles. The second-order valence-corrected chi connectivity index (χ2v) is 5.41. The van der Waals surface area contributed by atoms with Crippen molar-refractivity contribution in [1.82, 2.24) is 9.80 Å². The molecule has 1 saturated carbocycles. The predicted octanol–water partition coefficient (Wildman–Crippen LogP) is 1.34. The summed E-state index contributed by atoms with van der Waals surface area (Å²) in [6.45, 7) is 4.14. The number of hydrogen-bond acceptors (Lipinski definition) is 3. The molecule has 0 spiro atoms. The van der Waals surface area contributed by atoms with Crippen LogP contribution in [0.1, 0.15) is 32.6 Å². The Kier molecular flexibility index (Phi) is 8.57. The second-order valence-electron chi connectivity index (χ2n) is 5.41. The Morgan fingerprint density at radius 2 is 1.83 bits per heavy atom. The molecular weight excluding hydrogens is 250 g/mol. The van der Waals surface area contributed by atoms with Crippen LogP contribution in [-0.4, -0.2) is 55.5 Å². The summed E-state index contributed by atoms with van der Waals surface area (Å²) in [5.41, 5.74) is 5.61. The van der Waals surface area contributed by atoms with Crippen molar-refractivity contribution in [2.45, 2.75) is 38.6 Å². The molecule has 0 aromatic heterocycles. The molecule has 2 N–H and O–H groups in total. The van der Waals surface area contributed by atoms with Gasteiger partial charge in [0, 0.05) is 31.6 Å². The maximum atomic E-state index is 12.3. The Balaban J connectivity index is 0.00000289. The van der Waals surface area contributed by atoms with E-state index >= 15 is 0 Å². The zero-order valence-electron chi connectivity index (χ0n) is 11.9. The molecule has 18 heavy (non-hydrogen) atoms. The molecule has 1 rings (SSSR count). The molecule has 0 saturated heterocycles. The summed E-state index contributed by atoms with van der Waals surface area (Å²) < 4.78 is 0. The van der Waals surface area contributed by atoms with Crippen LogP contribution in [0.2, 0.25) is 0 Å². The van der Waals surface area contributed by atoms with Crippen molar-refractivity contribution >= 4 is 18.3 Å². The van der Waals surface area contributed by atoms with Gasteiger partial charge < -0.3 is 15.5 Å². The van der Waals surface area contributed by atoms with Crippen LogP contribution in [0.3, 0.4) is 0 Å². The number of likely N-dealkylation sites (N-methyl/N-ethyl adjacent to an activating group) is 1. The second kappa shape index (κ2) is 8.73. The van der Waals surface area contributed by atoms with E-state index in [1.54, 1.807) is 0 Å². The van der Waals surface area contributed by atoms with Crippen LogP contribution in [0.5, 0.6) is 0 Å². The van der Waals surface area contributed by atoms with E-state index < -0.39 is 0 Å². The normalized spacial score (nSPS) is 17.6. The Morgan fingerprint density at radius 3 is 2.28 bits per heavy atom. The maximum Gasteiger partial charge on any atom is 0.226 e. The fourth-order valence-electron chi connectivity index (χ4n) is 2.38. The number of hydrogen-bond donors (Lipinski definition) is 1. The third kappa shape index (κ3) is 5.12. The van der Waals surface area contributed by atoms with Crippen LogP contribution < -0.4 is 5.73 Å². The number of amides is 1. The monoisotopic (exact) mass is 277 g/mol. The molecule has 4 nitrogen and oxygen atoms in total. The van der Waals surface area contributed by atoms with Crippen molar-refractivity contribution in [3.63, 3.8) is 0 Å². The third-order valence-corrected chi connectivity index (χ3v) is 3.61. The minimum Gasteiger partial charge on any atom is -0.338 e. The van der Waals surface area contributed by atoms with Gasteiger partial charge in [-0.05, 0) is 26.9 Å². The first-order valence-corrected chi connectivity index (χ1v) is 6.71. The number of carbonyl (C=O) groups is 1. The van der Waals surface area contributed by atoms with Crippen LogP contribution in [0.4, 0.5) is 0 Å². The van der Waals surface area contributed by atoms with Crippen molar-refractivity contribution in [2.24, 2.45) is 11.7 Å². The fourth-order valence-corrected chi connectivity index (χ4v) is 2.38. The summed E-state index contributed by atoms with van der Waals surface area (Å²) in [6.07, 6.45) is 4.84. The highest BCUT2D eigenvalue weighted by Gasteiger charge is 2.28. The van der Waals surface area contributed by atoms with Crippen molar-refractivity contribution in [2.75, 3.05) is 33.7 Å². The van der Waals surface area contributed by atoms with Gasteiger partial charge in [-0.15, -0.1) is 12.4 Å². The zero-order valence-corrected chi connectivity index (χ0v) is 12.7. The minimum absolute atomic E-state index is 0. The minimum atomic E-state index is -0.0437. The number of halogens is 1. The van der Waals surface area contributed by atoms with Gasteiger partial charge in [0.15, 0.2) is 0 Å². The molecule has 108 valence electrons. The Hall–Kier alpha value is -0.320. The van der Waals surface area contributed by atoms with Gasteiger partial charge in [0.1, 0.15) is 0 Å². The van der Waals surface area contributed by atoms with Crippen LogP contribution in [0.25, 0.3) is 0 Å². The van der Waals surface area contributed by atoms with Gasteiger partial charge in [-0.1, -0.05) is 19.8 Å². The largest absolute Gasteiger partial charge is 0.338 e. The average Bonchev–Trinajstić information content (AvgIpc) is 2.81. The summed E-state index contributed by atoms with van der Waals surface area (Å²) in [7, 11) is 4.09. The SMILES string of the molecule is CC(CN)C(=O)N(CCN(C)C)C1CCCC1.Cl. The molecule has 0 bridgehead atoms. The number of nitrogens with two attached hydrogens (primary N) is 1. The summed E-state index contributed by atoms with van der Waals surface area (Å²) in [5, 5.41) is 0. The molecule has 0 aromatic carbocycles. The van der Waals surface area contributed by atoms with Crippen LogP contribution in [0, 0.1) is 5.92 Å². The number of carbonyl (C=O) groups excluding carboxylic acids is 1. The lowest BCUT2D eigenvalue weighted by Crippen LogP contribution is -2.46. The van der Waals surface area contributed by atoms with E-state index in [1.807, 2.05) is 21.0 Å². The molecule has 1 unspecified atom stereocenters. The van der Waals surface area contributed by atoms with Crippen molar-refractivity contribution in [3.8, 4) is 0 Å². The summed E-state index contributed by atoms with van der Waals surface area (Å²) in [6, 6.07) is 0.455. The molecule has 1 fully saturated rings. The van der Waals surface area contributed by atoms with E-state index in [4.69, 9.17) is 5.73 Å². The highest BCUT2D eigenvalue weighted by molar-refractivity contribution is 5.85. The lowest BCUT2D eigenvalue weighted by molar-refractivity contribution is -0.137. The Morgan fingerprint density at radius 1 is 1.28 bits per heavy atom. The van der Waals surface area contributed by atoms with Gasteiger partial charge in [0.25, 0.3) is 0 Å². The van der Waals surface area contributed by atoms with Crippen molar-refractivity contribution in [3.05, 3.63) is 0 Å². The molecular formula is C13H28ClN3O. The molecule has 0 radical (unpaired) electrons. The van der Waals surface area contributed by atoms with E-state index in [1.165, 1.54) is 12.8 Å². The molecule has 0 aliphatic heterocycles. The standard InChI is InChI=1S/C13H27N3O.ClH/c1-11(10-14)13(17)16(9-8-15(2)3)12-6-4-5-7-12;/h11-12H,4-10,14H2,1-3H3;1H. The molecule has 1 atom stereocenters. The van der Waals surface area contributed by atoms with Gasteiger partial charge in [0.2, 0.25) is 5.91 Å². The topological polar surface area (TPSA) is 49.6 Å². The van der Waals surface area contributed by atoms with Crippen LogP contribution >= 0.6 is 12.4 Å². The van der Waals surface area contributed by atoms with E-state index in [0.29, 0.717) is 12.6 Å². The van der Waals surface area contributed by atoms with Gasteiger partial charge in [-0.2, -0.15) is 0 Å². The fraction of sp³-hybridized carbons (Fsp3) is 0.923. The maximum absolute atomic E-state index is 12.3. The summed E-state index contributed by atoms with van der Waals surface area (Å²) in [4.78, 5) is 16.5. The zero-order chi connectivity index (χ0) is 12.8. The molecule has 5 heteroatoms. The van der Waals surface area contributed by atoms with Crippen molar-refractivity contribution in [1.29, 1.82) is 0 Å². The van der Waals surface area contributed by atoms with E-state index in [9.17, 15) is 4.79 Å². The van der Waals surface area contributed by atoms with Gasteiger partial charge in [-0.25, -0.2) is 0 Å². The lowest BCUT2D eigenvalue weighted by atomic mass is 10.1. The van der Waals surface area contributed by atoms with Gasteiger partial charge >= 0.3 is 0 Å². The lowest BCUT2D eigenvalue weighted by Gasteiger charge is -2.32. The van der Waals surface area contributed by atoms with Gasteiger partial charge in [-0.3, -0.25) is 4.79 Å². The first kappa shape index (κ1) is 17.7. The van der Waals surface area contributed by atoms with Crippen LogP contribution in [-0.2, 0) is 4.79 Å². The highest BCUT2D eigenvalue weighted by atomic mass is 35.5. The smallest absolute Gasteiger partial charge is 0.226 e. The van der Waals surface area contributed by atoms with E-state index in [-0.39, 0.29) is 24.2 Å². The quantitative estimate of drug-likeness (QED) is 0.797. The molecule has 1 amide bonds. The first-order chi connectivity index (χ1) is 8.06. The number of rotatable bonds is 6. The molecule has 0 heterocycles.